The average Bonchev–Trinajstić information content (AvgIpc) is 3.07. The Labute approximate surface area is 153 Å². The number of fused-ring (bicyclic) bond motifs is 1. The van der Waals surface area contributed by atoms with Gasteiger partial charge in [0, 0.05) is 32.2 Å². The van der Waals surface area contributed by atoms with Gasteiger partial charge in [0.2, 0.25) is 11.8 Å². The standard InChI is InChI=1S/C19H27N3O4/c23-9-7-21(8-10-24)18(25)13-17-19(26)20-5-6-22(17)16-11-14-3-1-2-4-15(14)12-16/h1-4,16-17,23-24H,5-13H2,(H,20,26). The molecule has 0 saturated carbocycles. The van der Waals surface area contributed by atoms with Gasteiger partial charge in [-0.1, -0.05) is 24.3 Å². The minimum absolute atomic E-state index is 0.0681. The SMILES string of the molecule is O=C1NCCN(C2Cc3ccccc3C2)C1CC(=O)N(CCO)CCO. The first-order valence-electron chi connectivity index (χ1n) is 9.23. The molecular formula is C19H27N3O4. The smallest absolute Gasteiger partial charge is 0.237 e. The number of nitrogens with zero attached hydrogens (tertiary/aromatic N) is 2. The van der Waals surface area contributed by atoms with Crippen molar-refractivity contribution in [3.05, 3.63) is 35.4 Å². The van der Waals surface area contributed by atoms with Crippen molar-refractivity contribution >= 4 is 11.8 Å². The lowest BCUT2D eigenvalue weighted by molar-refractivity contribution is -0.140. The number of nitrogens with one attached hydrogen (secondary N) is 1. The van der Waals surface area contributed by atoms with Crippen molar-refractivity contribution in [3.63, 3.8) is 0 Å². The van der Waals surface area contributed by atoms with E-state index >= 15 is 0 Å². The molecule has 0 aromatic heterocycles. The molecule has 0 bridgehead atoms. The average molecular weight is 361 g/mol. The highest BCUT2D eigenvalue weighted by atomic mass is 16.3. The summed E-state index contributed by atoms with van der Waals surface area (Å²) in [4.78, 5) is 28.7. The van der Waals surface area contributed by atoms with E-state index < -0.39 is 6.04 Å². The maximum atomic E-state index is 12.6. The molecule has 1 aromatic rings. The molecule has 1 atom stereocenters. The van der Waals surface area contributed by atoms with E-state index in [4.69, 9.17) is 10.2 Å². The molecule has 1 fully saturated rings. The summed E-state index contributed by atoms with van der Waals surface area (Å²) in [5, 5.41) is 21.1. The Hall–Kier alpha value is -1.96. The monoisotopic (exact) mass is 361 g/mol. The van der Waals surface area contributed by atoms with Crippen molar-refractivity contribution in [1.82, 2.24) is 15.1 Å². The van der Waals surface area contributed by atoms with Crippen LogP contribution in [0.5, 0.6) is 0 Å². The summed E-state index contributed by atoms with van der Waals surface area (Å²) in [5.41, 5.74) is 2.63. The number of hydrogen-bond donors (Lipinski definition) is 3. The summed E-state index contributed by atoms with van der Waals surface area (Å²) in [7, 11) is 0. The van der Waals surface area contributed by atoms with Gasteiger partial charge in [0.25, 0.3) is 0 Å². The molecular weight excluding hydrogens is 334 g/mol. The number of carbonyl (C=O) groups is 2. The minimum Gasteiger partial charge on any atom is -0.395 e. The van der Waals surface area contributed by atoms with Crippen molar-refractivity contribution in [2.75, 3.05) is 39.4 Å². The van der Waals surface area contributed by atoms with Crippen LogP contribution in [0.2, 0.25) is 0 Å². The molecule has 0 spiro atoms. The quantitative estimate of drug-likeness (QED) is 0.589. The second kappa shape index (κ2) is 8.62. The number of rotatable bonds is 7. The van der Waals surface area contributed by atoms with Crippen LogP contribution in [-0.4, -0.2) is 83.3 Å². The zero-order valence-electron chi connectivity index (χ0n) is 14.9. The van der Waals surface area contributed by atoms with Gasteiger partial charge in [-0.25, -0.2) is 0 Å². The van der Waals surface area contributed by atoms with Crippen LogP contribution in [-0.2, 0) is 22.4 Å². The van der Waals surface area contributed by atoms with Crippen molar-refractivity contribution in [1.29, 1.82) is 0 Å². The van der Waals surface area contributed by atoms with Crippen molar-refractivity contribution < 1.29 is 19.8 Å². The van der Waals surface area contributed by atoms with Gasteiger partial charge in [-0.3, -0.25) is 14.5 Å². The van der Waals surface area contributed by atoms with E-state index in [1.807, 2.05) is 12.1 Å². The van der Waals surface area contributed by atoms with Gasteiger partial charge in [0.05, 0.1) is 25.7 Å². The summed E-state index contributed by atoms with van der Waals surface area (Å²) in [6.07, 6.45) is 1.86. The molecule has 3 rings (SSSR count). The number of benzene rings is 1. The highest BCUT2D eigenvalue weighted by molar-refractivity contribution is 5.89. The Bertz CT molecular complexity index is 620. The molecule has 3 N–H and O–H groups in total. The Morgan fingerprint density at radius 1 is 1.15 bits per heavy atom. The van der Waals surface area contributed by atoms with E-state index in [2.05, 4.69) is 22.3 Å². The zero-order chi connectivity index (χ0) is 18.5. The molecule has 0 radical (unpaired) electrons. The van der Waals surface area contributed by atoms with Crippen LogP contribution in [0.4, 0.5) is 0 Å². The summed E-state index contributed by atoms with van der Waals surface area (Å²) >= 11 is 0. The Balaban J connectivity index is 1.71. The largest absolute Gasteiger partial charge is 0.395 e. The number of hydrogen-bond acceptors (Lipinski definition) is 5. The maximum absolute atomic E-state index is 12.6. The van der Waals surface area contributed by atoms with Crippen LogP contribution < -0.4 is 5.32 Å². The third-order valence-corrected chi connectivity index (χ3v) is 5.33. The predicted octanol–water partition coefficient (Wildman–Crippen LogP) is -0.842. The Morgan fingerprint density at radius 2 is 1.77 bits per heavy atom. The number of aliphatic hydroxyl groups is 2. The second-order valence-corrected chi connectivity index (χ2v) is 6.91. The molecule has 1 aromatic carbocycles. The van der Waals surface area contributed by atoms with Gasteiger partial charge < -0.3 is 20.4 Å². The molecule has 7 heteroatoms. The summed E-state index contributed by atoms with van der Waals surface area (Å²) in [6, 6.07) is 8.04. The van der Waals surface area contributed by atoms with Crippen molar-refractivity contribution in [2.24, 2.45) is 0 Å². The van der Waals surface area contributed by atoms with E-state index in [1.54, 1.807) is 0 Å². The predicted molar refractivity (Wildman–Crippen MR) is 96.5 cm³/mol. The molecule has 1 aliphatic carbocycles. The zero-order valence-corrected chi connectivity index (χ0v) is 14.9. The minimum atomic E-state index is -0.504. The van der Waals surface area contributed by atoms with E-state index in [0.29, 0.717) is 6.54 Å². The van der Waals surface area contributed by atoms with E-state index in [-0.39, 0.29) is 50.6 Å². The first kappa shape index (κ1) is 18.8. The Kier molecular flexibility index (Phi) is 6.24. The Morgan fingerprint density at radius 3 is 2.35 bits per heavy atom. The fraction of sp³-hybridized carbons (Fsp3) is 0.579. The highest BCUT2D eigenvalue weighted by Gasteiger charge is 2.38. The summed E-state index contributed by atoms with van der Waals surface area (Å²) < 4.78 is 0. The number of aliphatic hydroxyl groups excluding tert-OH is 2. The molecule has 7 nitrogen and oxygen atoms in total. The van der Waals surface area contributed by atoms with Gasteiger partial charge in [0.1, 0.15) is 0 Å². The van der Waals surface area contributed by atoms with Crippen LogP contribution >= 0.6 is 0 Å². The fourth-order valence-electron chi connectivity index (χ4n) is 4.05. The van der Waals surface area contributed by atoms with E-state index in [9.17, 15) is 9.59 Å². The summed E-state index contributed by atoms with van der Waals surface area (Å²) in [6.45, 7) is 1.33. The normalized spacial score (nSPS) is 20.7. The third kappa shape index (κ3) is 4.06. The fourth-order valence-corrected chi connectivity index (χ4v) is 4.05. The van der Waals surface area contributed by atoms with Gasteiger partial charge in [-0.15, -0.1) is 0 Å². The van der Waals surface area contributed by atoms with Crippen LogP contribution in [0.15, 0.2) is 24.3 Å². The topological polar surface area (TPSA) is 93.1 Å². The molecule has 26 heavy (non-hydrogen) atoms. The van der Waals surface area contributed by atoms with E-state index in [1.165, 1.54) is 16.0 Å². The molecule has 1 saturated heterocycles. The maximum Gasteiger partial charge on any atom is 0.237 e. The lowest BCUT2D eigenvalue weighted by Crippen LogP contribution is -2.60. The molecule has 1 heterocycles. The van der Waals surface area contributed by atoms with Crippen molar-refractivity contribution in [3.8, 4) is 0 Å². The van der Waals surface area contributed by atoms with E-state index in [0.717, 1.165) is 19.4 Å². The number of amides is 2. The van der Waals surface area contributed by atoms with Crippen LogP contribution in [0.1, 0.15) is 17.5 Å². The van der Waals surface area contributed by atoms with Crippen LogP contribution in [0.25, 0.3) is 0 Å². The molecule has 2 aliphatic rings. The lowest BCUT2D eigenvalue weighted by atomic mass is 10.0. The van der Waals surface area contributed by atoms with Crippen LogP contribution in [0, 0.1) is 0 Å². The summed E-state index contributed by atoms with van der Waals surface area (Å²) in [5.74, 6) is -0.329. The molecule has 1 unspecified atom stereocenters. The highest BCUT2D eigenvalue weighted by Crippen LogP contribution is 2.28. The second-order valence-electron chi connectivity index (χ2n) is 6.91. The van der Waals surface area contributed by atoms with Gasteiger partial charge >= 0.3 is 0 Å². The number of carbonyl (C=O) groups excluding carboxylic acids is 2. The van der Waals surface area contributed by atoms with Crippen molar-refractivity contribution in [2.45, 2.75) is 31.3 Å². The van der Waals surface area contributed by atoms with Crippen LogP contribution in [0.3, 0.4) is 0 Å². The first-order chi connectivity index (χ1) is 12.6. The number of piperazine rings is 1. The van der Waals surface area contributed by atoms with Gasteiger partial charge in [-0.2, -0.15) is 0 Å². The molecule has 142 valence electrons. The van der Waals surface area contributed by atoms with Gasteiger partial charge in [0.15, 0.2) is 0 Å². The van der Waals surface area contributed by atoms with Gasteiger partial charge in [-0.05, 0) is 24.0 Å². The lowest BCUT2D eigenvalue weighted by Gasteiger charge is -2.39. The first-order valence-corrected chi connectivity index (χ1v) is 9.23. The molecule has 2 amide bonds. The third-order valence-electron chi connectivity index (χ3n) is 5.33. The molecule has 1 aliphatic heterocycles.